The van der Waals surface area contributed by atoms with Crippen molar-refractivity contribution in [2.45, 2.75) is 11.4 Å². The van der Waals surface area contributed by atoms with Crippen LogP contribution in [0, 0.1) is 0 Å². The molecular formula is C11H10BrNO3S2. The van der Waals surface area contributed by atoms with Crippen LogP contribution in [0.1, 0.15) is 4.88 Å². The number of hydrogen-bond donors (Lipinski definition) is 2. The predicted octanol–water partition coefficient (Wildman–Crippen LogP) is 2.69. The molecule has 1 heterocycles. The molecule has 0 fully saturated rings. The van der Waals surface area contributed by atoms with E-state index in [0.29, 0.717) is 0 Å². The Kier molecular flexibility index (Phi) is 4.06. The van der Waals surface area contributed by atoms with E-state index in [-0.39, 0.29) is 17.2 Å². The van der Waals surface area contributed by atoms with Crippen molar-refractivity contribution in [3.05, 3.63) is 45.1 Å². The van der Waals surface area contributed by atoms with Crippen molar-refractivity contribution in [2.24, 2.45) is 0 Å². The normalized spacial score (nSPS) is 11.6. The Morgan fingerprint density at radius 3 is 2.50 bits per heavy atom. The van der Waals surface area contributed by atoms with E-state index in [0.717, 1.165) is 9.35 Å². The summed E-state index contributed by atoms with van der Waals surface area (Å²) in [7, 11) is -3.54. The third-order valence-corrected chi connectivity index (χ3v) is 5.32. The highest BCUT2D eigenvalue weighted by atomic mass is 79.9. The van der Waals surface area contributed by atoms with Crippen LogP contribution in [0.2, 0.25) is 0 Å². The molecule has 0 saturated heterocycles. The fraction of sp³-hybridized carbons (Fsp3) is 0.0909. The Morgan fingerprint density at radius 2 is 1.94 bits per heavy atom. The predicted molar refractivity (Wildman–Crippen MR) is 74.2 cm³/mol. The average molecular weight is 348 g/mol. The van der Waals surface area contributed by atoms with E-state index >= 15 is 0 Å². The lowest BCUT2D eigenvalue weighted by molar-refractivity contribution is 0.474. The molecule has 4 nitrogen and oxygen atoms in total. The van der Waals surface area contributed by atoms with E-state index in [9.17, 15) is 8.42 Å². The quantitative estimate of drug-likeness (QED) is 0.893. The summed E-state index contributed by atoms with van der Waals surface area (Å²) in [5.41, 5.74) is 0. The SMILES string of the molecule is O=S(=O)(NCc1cc(Br)cs1)c1ccc(O)cc1. The third-order valence-electron chi connectivity index (χ3n) is 2.21. The van der Waals surface area contributed by atoms with Gasteiger partial charge in [0.15, 0.2) is 0 Å². The van der Waals surface area contributed by atoms with Crippen LogP contribution in [0.3, 0.4) is 0 Å². The van der Waals surface area contributed by atoms with Crippen molar-refractivity contribution < 1.29 is 13.5 Å². The van der Waals surface area contributed by atoms with Crippen LogP contribution in [-0.2, 0) is 16.6 Å². The van der Waals surface area contributed by atoms with Crippen molar-refractivity contribution in [3.63, 3.8) is 0 Å². The van der Waals surface area contributed by atoms with Gasteiger partial charge in [0.25, 0.3) is 0 Å². The maximum atomic E-state index is 11.9. The number of aromatic hydroxyl groups is 1. The second kappa shape index (κ2) is 5.40. The molecule has 0 radical (unpaired) electrons. The first-order chi connectivity index (χ1) is 8.47. The fourth-order valence-corrected chi connectivity index (χ4v) is 3.81. The number of nitrogens with one attached hydrogen (secondary N) is 1. The standard InChI is InChI=1S/C11H10BrNO3S2/c12-8-5-10(17-7-8)6-13-18(15,16)11-3-1-9(14)2-4-11/h1-5,7,13-14H,6H2. The van der Waals surface area contributed by atoms with Crippen LogP contribution < -0.4 is 4.72 Å². The molecule has 2 aromatic rings. The zero-order chi connectivity index (χ0) is 13.2. The number of rotatable bonds is 4. The van der Waals surface area contributed by atoms with Gasteiger partial charge in [0.1, 0.15) is 5.75 Å². The molecular weight excluding hydrogens is 338 g/mol. The minimum Gasteiger partial charge on any atom is -0.508 e. The topological polar surface area (TPSA) is 66.4 Å². The van der Waals surface area contributed by atoms with Gasteiger partial charge in [0, 0.05) is 21.3 Å². The number of hydrogen-bond acceptors (Lipinski definition) is 4. The molecule has 0 unspecified atom stereocenters. The number of phenols is 1. The Labute approximate surface area is 117 Å². The molecule has 2 N–H and O–H groups in total. The summed E-state index contributed by atoms with van der Waals surface area (Å²) in [4.78, 5) is 1.06. The number of halogens is 1. The summed E-state index contributed by atoms with van der Waals surface area (Å²) in [5, 5.41) is 11.0. The zero-order valence-electron chi connectivity index (χ0n) is 9.13. The molecule has 0 saturated carbocycles. The van der Waals surface area contributed by atoms with E-state index in [1.54, 1.807) is 0 Å². The van der Waals surface area contributed by atoms with Crippen LogP contribution in [0.5, 0.6) is 5.75 Å². The van der Waals surface area contributed by atoms with Crippen LogP contribution in [0.25, 0.3) is 0 Å². The summed E-state index contributed by atoms with van der Waals surface area (Å²) in [6.07, 6.45) is 0. The van der Waals surface area contributed by atoms with Gasteiger partial charge in [-0.25, -0.2) is 13.1 Å². The summed E-state index contributed by atoms with van der Waals surface area (Å²) >= 11 is 4.78. The highest BCUT2D eigenvalue weighted by Crippen LogP contribution is 2.20. The summed E-state index contributed by atoms with van der Waals surface area (Å²) in [6.45, 7) is 0.249. The van der Waals surface area contributed by atoms with Gasteiger partial charge in [-0.3, -0.25) is 0 Å². The second-order valence-electron chi connectivity index (χ2n) is 3.55. The molecule has 1 aromatic heterocycles. The van der Waals surface area contributed by atoms with Gasteiger partial charge < -0.3 is 5.11 Å². The van der Waals surface area contributed by atoms with Gasteiger partial charge >= 0.3 is 0 Å². The molecule has 7 heteroatoms. The van der Waals surface area contributed by atoms with E-state index in [1.165, 1.54) is 35.6 Å². The summed E-state index contributed by atoms with van der Waals surface area (Å²) in [5.74, 6) is 0.0381. The molecule has 96 valence electrons. The maximum absolute atomic E-state index is 11.9. The summed E-state index contributed by atoms with van der Waals surface area (Å²) < 4.78 is 27.3. The molecule has 0 aliphatic heterocycles. The van der Waals surface area contributed by atoms with E-state index in [4.69, 9.17) is 5.11 Å². The first-order valence-corrected chi connectivity index (χ1v) is 8.14. The van der Waals surface area contributed by atoms with Crippen molar-refractivity contribution in [1.82, 2.24) is 4.72 Å². The average Bonchev–Trinajstić information content (AvgIpc) is 2.73. The zero-order valence-corrected chi connectivity index (χ0v) is 12.3. The third kappa shape index (κ3) is 3.32. The Bertz CT molecular complexity index is 635. The van der Waals surface area contributed by atoms with Gasteiger partial charge in [0.05, 0.1) is 4.90 Å². The minimum absolute atomic E-state index is 0.0381. The molecule has 0 amide bonds. The number of phenolic OH excluding ortho intramolecular Hbond substituents is 1. The molecule has 0 atom stereocenters. The van der Waals surface area contributed by atoms with E-state index in [1.807, 2.05) is 11.4 Å². The minimum atomic E-state index is -3.54. The molecule has 0 bridgehead atoms. The molecule has 1 aromatic carbocycles. The smallest absolute Gasteiger partial charge is 0.240 e. The molecule has 18 heavy (non-hydrogen) atoms. The lowest BCUT2D eigenvalue weighted by atomic mass is 10.3. The molecule has 0 aliphatic rings. The first-order valence-electron chi connectivity index (χ1n) is 4.99. The van der Waals surface area contributed by atoms with E-state index < -0.39 is 10.0 Å². The number of benzene rings is 1. The largest absolute Gasteiger partial charge is 0.508 e. The lowest BCUT2D eigenvalue weighted by Gasteiger charge is -2.05. The first kappa shape index (κ1) is 13.5. The molecule has 0 aliphatic carbocycles. The van der Waals surface area contributed by atoms with Gasteiger partial charge in [-0.1, -0.05) is 0 Å². The molecule has 0 spiro atoms. The van der Waals surface area contributed by atoms with Crippen molar-refractivity contribution >= 4 is 37.3 Å². The Balaban J connectivity index is 2.10. The lowest BCUT2D eigenvalue weighted by Crippen LogP contribution is -2.22. The van der Waals surface area contributed by atoms with E-state index in [2.05, 4.69) is 20.7 Å². The monoisotopic (exact) mass is 347 g/mol. The highest BCUT2D eigenvalue weighted by Gasteiger charge is 2.13. The summed E-state index contributed by atoms with van der Waals surface area (Å²) in [6, 6.07) is 7.28. The van der Waals surface area contributed by atoms with Crippen LogP contribution in [-0.4, -0.2) is 13.5 Å². The van der Waals surface area contributed by atoms with Crippen LogP contribution in [0.15, 0.2) is 45.1 Å². The van der Waals surface area contributed by atoms with Crippen LogP contribution in [0.4, 0.5) is 0 Å². The van der Waals surface area contributed by atoms with Gasteiger partial charge in [-0.15, -0.1) is 11.3 Å². The number of thiophene rings is 1. The Morgan fingerprint density at radius 1 is 1.28 bits per heavy atom. The van der Waals surface area contributed by atoms with Gasteiger partial charge in [0.2, 0.25) is 10.0 Å². The highest BCUT2D eigenvalue weighted by molar-refractivity contribution is 9.10. The van der Waals surface area contributed by atoms with Crippen molar-refractivity contribution in [1.29, 1.82) is 0 Å². The Hall–Kier alpha value is -0.890. The van der Waals surface area contributed by atoms with Gasteiger partial charge in [-0.2, -0.15) is 0 Å². The number of sulfonamides is 1. The second-order valence-corrected chi connectivity index (χ2v) is 7.23. The van der Waals surface area contributed by atoms with Gasteiger partial charge in [-0.05, 0) is 46.3 Å². The van der Waals surface area contributed by atoms with Crippen molar-refractivity contribution in [3.8, 4) is 5.75 Å². The van der Waals surface area contributed by atoms with Crippen LogP contribution >= 0.6 is 27.3 Å². The maximum Gasteiger partial charge on any atom is 0.240 e. The molecule has 2 rings (SSSR count). The fourth-order valence-electron chi connectivity index (χ4n) is 1.32. The van der Waals surface area contributed by atoms with Crippen molar-refractivity contribution in [2.75, 3.05) is 0 Å².